The summed E-state index contributed by atoms with van der Waals surface area (Å²) >= 11 is 0. The van der Waals surface area contributed by atoms with E-state index >= 15 is 0 Å². The maximum Gasteiger partial charge on any atom is 0.125 e. The third kappa shape index (κ3) is 2.90. The molecule has 0 aliphatic carbocycles. The molecule has 0 spiro atoms. The van der Waals surface area contributed by atoms with E-state index < -0.39 is 0 Å². The van der Waals surface area contributed by atoms with Crippen LogP contribution in [0.5, 0.6) is 0 Å². The largest absolute Gasteiger partial charge is 0.381 e. The van der Waals surface area contributed by atoms with Gasteiger partial charge in [-0.3, -0.25) is 0 Å². The Morgan fingerprint density at radius 3 is 2.85 bits per heavy atom. The minimum Gasteiger partial charge on any atom is -0.381 e. The van der Waals surface area contributed by atoms with E-state index in [0.717, 1.165) is 16.8 Å². The molecule has 13 heavy (non-hydrogen) atoms. The second-order valence-electron chi connectivity index (χ2n) is 3.27. The first kappa shape index (κ1) is 9.78. The van der Waals surface area contributed by atoms with Crippen LogP contribution in [0.15, 0.2) is 30.4 Å². The van der Waals surface area contributed by atoms with Gasteiger partial charge in [-0.05, 0) is 31.5 Å². The van der Waals surface area contributed by atoms with Gasteiger partial charge in [-0.1, -0.05) is 18.2 Å². The Morgan fingerprint density at radius 2 is 2.23 bits per heavy atom. The molecule has 0 bridgehead atoms. The van der Waals surface area contributed by atoms with E-state index in [4.69, 9.17) is 0 Å². The van der Waals surface area contributed by atoms with E-state index in [2.05, 4.69) is 11.9 Å². The zero-order valence-electron chi connectivity index (χ0n) is 8.02. The lowest BCUT2D eigenvalue weighted by molar-refractivity contribution is 0.628. The summed E-state index contributed by atoms with van der Waals surface area (Å²) in [5.41, 5.74) is 2.91. The van der Waals surface area contributed by atoms with Crippen LogP contribution in [0, 0.1) is 12.7 Å². The second kappa shape index (κ2) is 4.08. The van der Waals surface area contributed by atoms with Gasteiger partial charge in [0, 0.05) is 12.2 Å². The van der Waals surface area contributed by atoms with Crippen LogP contribution in [0.25, 0.3) is 0 Å². The van der Waals surface area contributed by atoms with Crippen molar-refractivity contribution >= 4 is 5.69 Å². The summed E-state index contributed by atoms with van der Waals surface area (Å²) in [4.78, 5) is 0. The smallest absolute Gasteiger partial charge is 0.125 e. The van der Waals surface area contributed by atoms with Crippen LogP contribution < -0.4 is 5.32 Å². The third-order valence-electron chi connectivity index (χ3n) is 1.78. The predicted molar refractivity (Wildman–Crippen MR) is 54.4 cm³/mol. The van der Waals surface area contributed by atoms with Gasteiger partial charge < -0.3 is 5.32 Å². The number of aryl methyl sites for hydroxylation is 1. The Bertz CT molecular complexity index is 318. The van der Waals surface area contributed by atoms with Gasteiger partial charge in [0.15, 0.2) is 0 Å². The number of anilines is 1. The average Bonchev–Trinajstić information content (AvgIpc) is 2.06. The van der Waals surface area contributed by atoms with Crippen molar-refractivity contribution in [1.82, 2.24) is 0 Å². The zero-order chi connectivity index (χ0) is 9.84. The van der Waals surface area contributed by atoms with Gasteiger partial charge in [-0.2, -0.15) is 0 Å². The summed E-state index contributed by atoms with van der Waals surface area (Å²) in [5, 5.41) is 3.11. The summed E-state index contributed by atoms with van der Waals surface area (Å²) in [6.45, 7) is 8.33. The SMILES string of the molecule is C=C(C)CNc1cc(F)ccc1C. The standard InChI is InChI=1S/C11H14FN/c1-8(2)7-13-11-6-10(12)5-4-9(11)3/h4-6,13H,1,7H2,2-3H3. The first-order valence-electron chi connectivity index (χ1n) is 4.24. The molecule has 2 heteroatoms. The molecule has 0 aliphatic rings. The summed E-state index contributed by atoms with van der Waals surface area (Å²) in [7, 11) is 0. The van der Waals surface area contributed by atoms with E-state index in [0.29, 0.717) is 6.54 Å². The molecule has 70 valence electrons. The first-order chi connectivity index (χ1) is 6.09. The van der Waals surface area contributed by atoms with Gasteiger partial charge in [-0.25, -0.2) is 4.39 Å². The molecule has 0 aromatic heterocycles. The highest BCUT2D eigenvalue weighted by molar-refractivity contribution is 5.51. The van der Waals surface area contributed by atoms with Crippen LogP contribution in [0.4, 0.5) is 10.1 Å². The maximum absolute atomic E-state index is 12.8. The zero-order valence-corrected chi connectivity index (χ0v) is 8.02. The normalized spacial score (nSPS) is 9.77. The average molecular weight is 179 g/mol. The summed E-state index contributed by atoms with van der Waals surface area (Å²) in [5.74, 6) is -0.213. The molecule has 0 heterocycles. The molecule has 0 aliphatic heterocycles. The fourth-order valence-corrected chi connectivity index (χ4v) is 1.03. The molecule has 1 rings (SSSR count). The van der Waals surface area contributed by atoms with Gasteiger partial charge >= 0.3 is 0 Å². The van der Waals surface area contributed by atoms with Crippen LogP contribution in [-0.4, -0.2) is 6.54 Å². The number of hydrogen-bond donors (Lipinski definition) is 1. The van der Waals surface area contributed by atoms with Crippen molar-refractivity contribution < 1.29 is 4.39 Å². The topological polar surface area (TPSA) is 12.0 Å². The molecule has 0 unspecified atom stereocenters. The molecule has 0 atom stereocenters. The predicted octanol–water partition coefficient (Wildman–Crippen LogP) is 3.12. The summed E-state index contributed by atoms with van der Waals surface area (Å²) < 4.78 is 12.8. The second-order valence-corrected chi connectivity index (χ2v) is 3.27. The molecule has 1 N–H and O–H groups in total. The Morgan fingerprint density at radius 1 is 1.54 bits per heavy atom. The van der Waals surface area contributed by atoms with Crippen molar-refractivity contribution in [3.05, 3.63) is 41.7 Å². The Balaban J connectivity index is 2.75. The number of halogens is 1. The molecule has 0 fully saturated rings. The van der Waals surface area contributed by atoms with Gasteiger partial charge in [-0.15, -0.1) is 0 Å². The molecule has 0 saturated heterocycles. The van der Waals surface area contributed by atoms with Crippen LogP contribution >= 0.6 is 0 Å². The lowest BCUT2D eigenvalue weighted by Crippen LogP contribution is -2.03. The fraction of sp³-hybridized carbons (Fsp3) is 0.273. The van der Waals surface area contributed by atoms with E-state index in [-0.39, 0.29) is 5.82 Å². The summed E-state index contributed by atoms with van der Waals surface area (Å²) in [6, 6.07) is 4.72. The molecule has 0 radical (unpaired) electrons. The minimum absolute atomic E-state index is 0.213. The molecule has 1 aromatic rings. The van der Waals surface area contributed by atoms with E-state index in [1.807, 2.05) is 13.8 Å². The van der Waals surface area contributed by atoms with Crippen molar-refractivity contribution in [3.8, 4) is 0 Å². The van der Waals surface area contributed by atoms with Crippen LogP contribution in [0.1, 0.15) is 12.5 Å². The molecular weight excluding hydrogens is 165 g/mol. The van der Waals surface area contributed by atoms with Crippen molar-refractivity contribution in [2.45, 2.75) is 13.8 Å². The van der Waals surface area contributed by atoms with Crippen molar-refractivity contribution in [2.75, 3.05) is 11.9 Å². The maximum atomic E-state index is 12.8. The lowest BCUT2D eigenvalue weighted by atomic mass is 10.2. The van der Waals surface area contributed by atoms with Crippen molar-refractivity contribution in [1.29, 1.82) is 0 Å². The van der Waals surface area contributed by atoms with Gasteiger partial charge in [0.2, 0.25) is 0 Å². The number of benzene rings is 1. The van der Waals surface area contributed by atoms with Crippen molar-refractivity contribution in [2.24, 2.45) is 0 Å². The van der Waals surface area contributed by atoms with E-state index in [1.54, 1.807) is 6.07 Å². The Hall–Kier alpha value is -1.31. The minimum atomic E-state index is -0.213. The lowest BCUT2D eigenvalue weighted by Gasteiger charge is -2.08. The molecular formula is C11H14FN. The molecule has 0 amide bonds. The number of nitrogens with one attached hydrogen (secondary N) is 1. The van der Waals surface area contributed by atoms with Crippen LogP contribution in [0.3, 0.4) is 0 Å². The fourth-order valence-electron chi connectivity index (χ4n) is 1.03. The Labute approximate surface area is 78.3 Å². The van der Waals surface area contributed by atoms with Gasteiger partial charge in [0.25, 0.3) is 0 Å². The van der Waals surface area contributed by atoms with E-state index in [9.17, 15) is 4.39 Å². The first-order valence-corrected chi connectivity index (χ1v) is 4.24. The summed E-state index contributed by atoms with van der Waals surface area (Å²) in [6.07, 6.45) is 0. The monoisotopic (exact) mass is 179 g/mol. The highest BCUT2D eigenvalue weighted by Gasteiger charge is 1.98. The van der Waals surface area contributed by atoms with Crippen LogP contribution in [0.2, 0.25) is 0 Å². The molecule has 1 aromatic carbocycles. The number of rotatable bonds is 3. The number of hydrogen-bond acceptors (Lipinski definition) is 1. The van der Waals surface area contributed by atoms with E-state index in [1.165, 1.54) is 12.1 Å². The quantitative estimate of drug-likeness (QED) is 0.703. The molecule has 0 saturated carbocycles. The Kier molecular flexibility index (Phi) is 3.07. The van der Waals surface area contributed by atoms with Gasteiger partial charge in [0.1, 0.15) is 5.82 Å². The van der Waals surface area contributed by atoms with Crippen molar-refractivity contribution in [3.63, 3.8) is 0 Å². The van der Waals surface area contributed by atoms with Gasteiger partial charge in [0.05, 0.1) is 0 Å². The van der Waals surface area contributed by atoms with Crippen LogP contribution in [-0.2, 0) is 0 Å². The third-order valence-corrected chi connectivity index (χ3v) is 1.78. The molecule has 1 nitrogen and oxygen atoms in total. The highest BCUT2D eigenvalue weighted by Crippen LogP contribution is 2.15. The highest BCUT2D eigenvalue weighted by atomic mass is 19.1.